The van der Waals surface area contributed by atoms with Gasteiger partial charge in [-0.05, 0) is 25.7 Å². The predicted octanol–water partition coefficient (Wildman–Crippen LogP) is 2.34. The Morgan fingerprint density at radius 1 is 1.38 bits per heavy atom. The number of aromatic nitrogens is 3. The summed E-state index contributed by atoms with van der Waals surface area (Å²) in [4.78, 5) is 7.83. The van der Waals surface area contributed by atoms with E-state index in [1.807, 2.05) is 17.6 Å². The van der Waals surface area contributed by atoms with E-state index in [4.69, 9.17) is 0 Å². The number of rotatable bonds is 1. The van der Waals surface area contributed by atoms with Gasteiger partial charge in [0.15, 0.2) is 0 Å². The molecule has 0 N–H and O–H groups in total. The van der Waals surface area contributed by atoms with E-state index in [1.54, 1.807) is 11.3 Å². The maximum atomic E-state index is 4.58. The fraction of sp³-hybridized carbons (Fsp3) is 0.636. The Kier molecular flexibility index (Phi) is 2.35. The van der Waals surface area contributed by atoms with Crippen molar-refractivity contribution < 1.29 is 0 Å². The molecule has 1 saturated heterocycles. The summed E-state index contributed by atoms with van der Waals surface area (Å²) in [7, 11) is 0. The van der Waals surface area contributed by atoms with Gasteiger partial charge in [0.25, 0.3) is 0 Å². The van der Waals surface area contributed by atoms with Gasteiger partial charge >= 0.3 is 0 Å². The molecule has 3 heterocycles. The van der Waals surface area contributed by atoms with Gasteiger partial charge in [0, 0.05) is 13.1 Å². The third-order valence-electron chi connectivity index (χ3n) is 3.21. The molecule has 3 rings (SSSR count). The highest BCUT2D eigenvalue weighted by Crippen LogP contribution is 2.27. The number of nitrogens with zero attached hydrogens (tertiary/aromatic N) is 4. The zero-order valence-corrected chi connectivity index (χ0v) is 10.5. The lowest BCUT2D eigenvalue weighted by Gasteiger charge is -2.29. The van der Waals surface area contributed by atoms with E-state index in [1.165, 1.54) is 12.8 Å². The SMILES string of the molecule is Cc1cn2nc(N3CCC(C)CC3)sc2n1. The fourth-order valence-electron chi connectivity index (χ4n) is 2.13. The van der Waals surface area contributed by atoms with Crippen LogP contribution in [0.1, 0.15) is 25.5 Å². The molecule has 1 aliphatic heterocycles. The summed E-state index contributed by atoms with van der Waals surface area (Å²) in [6.07, 6.45) is 4.55. The van der Waals surface area contributed by atoms with Gasteiger partial charge in [0.2, 0.25) is 10.1 Å². The highest BCUT2D eigenvalue weighted by Gasteiger charge is 2.19. The fourth-order valence-corrected chi connectivity index (χ4v) is 3.11. The molecule has 0 aromatic carbocycles. The van der Waals surface area contributed by atoms with Crippen LogP contribution in [0.5, 0.6) is 0 Å². The van der Waals surface area contributed by atoms with Crippen molar-refractivity contribution in [3.05, 3.63) is 11.9 Å². The summed E-state index contributed by atoms with van der Waals surface area (Å²) >= 11 is 1.69. The highest BCUT2D eigenvalue weighted by atomic mass is 32.1. The normalized spacial score (nSPS) is 18.5. The minimum atomic E-state index is 0.863. The Hall–Kier alpha value is -1.10. The van der Waals surface area contributed by atoms with Crippen LogP contribution in [-0.4, -0.2) is 27.7 Å². The first-order chi connectivity index (χ1) is 7.72. The molecule has 0 amide bonds. The molecule has 0 spiro atoms. The molecule has 4 nitrogen and oxygen atoms in total. The van der Waals surface area contributed by atoms with Crippen LogP contribution in [0.15, 0.2) is 6.20 Å². The Labute approximate surface area is 98.9 Å². The minimum absolute atomic E-state index is 0.863. The summed E-state index contributed by atoms with van der Waals surface area (Å²) in [5, 5.41) is 5.70. The molecule has 2 aromatic heterocycles. The van der Waals surface area contributed by atoms with Crippen molar-refractivity contribution in [3.8, 4) is 0 Å². The zero-order chi connectivity index (χ0) is 11.1. The quantitative estimate of drug-likeness (QED) is 0.762. The van der Waals surface area contributed by atoms with Gasteiger partial charge in [-0.25, -0.2) is 9.50 Å². The maximum Gasteiger partial charge on any atom is 0.214 e. The molecule has 16 heavy (non-hydrogen) atoms. The number of hydrogen-bond donors (Lipinski definition) is 0. The summed E-state index contributed by atoms with van der Waals surface area (Å²) in [6, 6.07) is 0. The molecule has 0 atom stereocenters. The number of aryl methyl sites for hydroxylation is 1. The third kappa shape index (κ3) is 1.69. The molecular formula is C11H16N4S. The number of imidazole rings is 1. The first-order valence-corrected chi connectivity index (χ1v) is 6.62. The second kappa shape index (κ2) is 3.73. The Morgan fingerprint density at radius 3 is 2.81 bits per heavy atom. The molecule has 0 saturated carbocycles. The highest BCUT2D eigenvalue weighted by molar-refractivity contribution is 7.20. The van der Waals surface area contributed by atoms with Crippen LogP contribution in [0.2, 0.25) is 0 Å². The van der Waals surface area contributed by atoms with E-state index in [2.05, 4.69) is 21.9 Å². The van der Waals surface area contributed by atoms with E-state index in [0.29, 0.717) is 0 Å². The second-order valence-corrected chi connectivity index (χ2v) is 5.60. The van der Waals surface area contributed by atoms with Crippen molar-refractivity contribution in [2.24, 2.45) is 5.92 Å². The molecule has 1 fully saturated rings. The van der Waals surface area contributed by atoms with Gasteiger partial charge in [0.05, 0.1) is 11.9 Å². The van der Waals surface area contributed by atoms with Gasteiger partial charge in [-0.15, -0.1) is 5.10 Å². The smallest absolute Gasteiger partial charge is 0.214 e. The molecule has 2 aromatic rings. The van der Waals surface area contributed by atoms with E-state index < -0.39 is 0 Å². The monoisotopic (exact) mass is 236 g/mol. The molecule has 0 bridgehead atoms. The second-order valence-electron chi connectivity index (χ2n) is 4.66. The Bertz CT molecular complexity index is 462. The lowest BCUT2D eigenvalue weighted by Crippen LogP contribution is -2.32. The summed E-state index contributed by atoms with van der Waals surface area (Å²) < 4.78 is 1.90. The summed E-state index contributed by atoms with van der Waals surface area (Å²) in [6.45, 7) is 6.60. The largest absolute Gasteiger partial charge is 0.347 e. The van der Waals surface area contributed by atoms with Crippen molar-refractivity contribution >= 4 is 21.4 Å². The van der Waals surface area contributed by atoms with Gasteiger partial charge in [0.1, 0.15) is 0 Å². The van der Waals surface area contributed by atoms with Gasteiger partial charge in [-0.3, -0.25) is 0 Å². The molecule has 0 unspecified atom stereocenters. The number of hydrogen-bond acceptors (Lipinski definition) is 4. The van der Waals surface area contributed by atoms with Gasteiger partial charge in [-0.2, -0.15) is 0 Å². The Balaban J connectivity index is 1.85. The van der Waals surface area contributed by atoms with Crippen molar-refractivity contribution in [1.29, 1.82) is 0 Å². The number of fused-ring (bicyclic) bond motifs is 1. The van der Waals surface area contributed by atoms with Crippen LogP contribution >= 0.6 is 11.3 Å². The molecule has 0 aliphatic carbocycles. The van der Waals surface area contributed by atoms with Gasteiger partial charge in [-0.1, -0.05) is 18.3 Å². The molecule has 1 aliphatic rings. The first-order valence-electron chi connectivity index (χ1n) is 5.80. The predicted molar refractivity (Wildman–Crippen MR) is 66.2 cm³/mol. The van der Waals surface area contributed by atoms with E-state index in [9.17, 15) is 0 Å². The van der Waals surface area contributed by atoms with Crippen LogP contribution in [-0.2, 0) is 0 Å². The third-order valence-corrected chi connectivity index (χ3v) is 4.19. The van der Waals surface area contributed by atoms with E-state index in [0.717, 1.165) is 34.8 Å². The van der Waals surface area contributed by atoms with Crippen LogP contribution in [0.25, 0.3) is 4.96 Å². The average molecular weight is 236 g/mol. The van der Waals surface area contributed by atoms with Crippen molar-refractivity contribution in [2.75, 3.05) is 18.0 Å². The van der Waals surface area contributed by atoms with Gasteiger partial charge < -0.3 is 4.90 Å². The van der Waals surface area contributed by atoms with Crippen molar-refractivity contribution in [2.45, 2.75) is 26.7 Å². The lowest BCUT2D eigenvalue weighted by atomic mass is 10.00. The topological polar surface area (TPSA) is 33.4 Å². The molecule has 5 heteroatoms. The first kappa shape index (κ1) is 10.1. The van der Waals surface area contributed by atoms with Crippen LogP contribution in [0.3, 0.4) is 0 Å². The van der Waals surface area contributed by atoms with E-state index >= 15 is 0 Å². The van der Waals surface area contributed by atoms with E-state index in [-0.39, 0.29) is 0 Å². The Morgan fingerprint density at radius 2 is 2.12 bits per heavy atom. The zero-order valence-electron chi connectivity index (χ0n) is 9.68. The minimum Gasteiger partial charge on any atom is -0.347 e. The number of piperidine rings is 1. The number of anilines is 1. The van der Waals surface area contributed by atoms with Crippen LogP contribution < -0.4 is 4.90 Å². The average Bonchev–Trinajstić information content (AvgIpc) is 2.75. The summed E-state index contributed by atoms with van der Waals surface area (Å²) in [5.41, 5.74) is 1.04. The molecule has 86 valence electrons. The lowest BCUT2D eigenvalue weighted by molar-refractivity contribution is 0.437. The van der Waals surface area contributed by atoms with Crippen LogP contribution in [0.4, 0.5) is 5.13 Å². The summed E-state index contributed by atoms with van der Waals surface area (Å²) in [5.74, 6) is 0.863. The molecular weight excluding hydrogens is 220 g/mol. The van der Waals surface area contributed by atoms with Crippen LogP contribution in [0, 0.1) is 12.8 Å². The maximum absolute atomic E-state index is 4.58. The van der Waals surface area contributed by atoms with Crippen molar-refractivity contribution in [1.82, 2.24) is 14.6 Å². The molecule has 0 radical (unpaired) electrons. The van der Waals surface area contributed by atoms with Crippen molar-refractivity contribution in [3.63, 3.8) is 0 Å². The standard InChI is InChI=1S/C11H16N4S/c1-8-3-5-14(6-4-8)11-13-15-7-9(2)12-10(15)16-11/h7-8H,3-6H2,1-2H3.